The molecule has 40 heavy (non-hydrogen) atoms. The van der Waals surface area contributed by atoms with E-state index in [1.54, 1.807) is 4.90 Å². The van der Waals surface area contributed by atoms with Gasteiger partial charge in [-0.25, -0.2) is 14.8 Å². The fourth-order valence-corrected chi connectivity index (χ4v) is 5.47. The van der Waals surface area contributed by atoms with Crippen molar-refractivity contribution in [3.8, 4) is 11.4 Å². The fraction of sp³-hybridized carbons (Fsp3) is 0.258. The molecule has 0 spiro atoms. The van der Waals surface area contributed by atoms with Gasteiger partial charge in [0, 0.05) is 25.4 Å². The number of hydrogen-bond donors (Lipinski definition) is 0. The maximum atomic E-state index is 12.8. The van der Waals surface area contributed by atoms with E-state index in [0.29, 0.717) is 25.4 Å². The number of hydrogen-bond acceptors (Lipinski definition) is 6. The lowest BCUT2D eigenvalue weighted by molar-refractivity contribution is 0.0810. The van der Waals surface area contributed by atoms with Gasteiger partial charge in [-0.05, 0) is 52.0 Å². The minimum atomic E-state index is -0.287. The maximum Gasteiger partial charge on any atom is 0.410 e. The van der Waals surface area contributed by atoms with Gasteiger partial charge in [0.2, 0.25) is 12.7 Å². The van der Waals surface area contributed by atoms with E-state index in [9.17, 15) is 4.79 Å². The third-order valence-electron chi connectivity index (χ3n) is 7.17. The van der Waals surface area contributed by atoms with Crippen LogP contribution in [0.5, 0.6) is 0 Å². The van der Waals surface area contributed by atoms with E-state index in [-0.39, 0.29) is 25.4 Å². The lowest BCUT2D eigenvalue weighted by atomic mass is 9.96. The van der Waals surface area contributed by atoms with Crippen molar-refractivity contribution in [3.63, 3.8) is 0 Å². The summed E-state index contributed by atoms with van der Waals surface area (Å²) in [6.07, 6.45) is 3.67. The molecule has 8 nitrogen and oxygen atoms in total. The summed E-state index contributed by atoms with van der Waals surface area (Å²) < 4.78 is 20.4. The molecule has 1 fully saturated rings. The number of rotatable bonds is 7. The van der Waals surface area contributed by atoms with Gasteiger partial charge in [-0.1, -0.05) is 66.7 Å². The Hall–Kier alpha value is -4.11. The van der Waals surface area contributed by atoms with E-state index in [1.165, 1.54) is 0 Å². The van der Waals surface area contributed by atoms with Gasteiger partial charge in [0.05, 0.1) is 17.6 Å². The largest absolute Gasteiger partial charge is 0.456 e. The molecule has 6 rings (SSSR count). The summed E-state index contributed by atoms with van der Waals surface area (Å²) in [5.41, 5.74) is 3.70. The highest BCUT2D eigenvalue weighted by molar-refractivity contribution is 9.10. The van der Waals surface area contributed by atoms with Crippen LogP contribution in [0, 0.1) is 0 Å². The zero-order chi connectivity index (χ0) is 27.3. The summed E-state index contributed by atoms with van der Waals surface area (Å²) in [6.45, 7) is 1.58. The van der Waals surface area contributed by atoms with Crippen LogP contribution >= 0.6 is 15.9 Å². The number of ether oxygens (including phenoxy) is 3. The zero-order valence-corrected chi connectivity index (χ0v) is 23.5. The second-order valence-corrected chi connectivity index (χ2v) is 10.6. The van der Waals surface area contributed by atoms with Crippen molar-refractivity contribution in [1.82, 2.24) is 19.4 Å². The monoisotopic (exact) mass is 600 g/mol. The van der Waals surface area contributed by atoms with Crippen molar-refractivity contribution in [3.05, 3.63) is 112 Å². The van der Waals surface area contributed by atoms with Crippen LogP contribution in [0.4, 0.5) is 4.79 Å². The second kappa shape index (κ2) is 12.0. The van der Waals surface area contributed by atoms with Gasteiger partial charge >= 0.3 is 6.09 Å². The zero-order valence-electron chi connectivity index (χ0n) is 21.9. The number of pyridine rings is 1. The van der Waals surface area contributed by atoms with Crippen molar-refractivity contribution in [2.75, 3.05) is 19.9 Å². The fourth-order valence-electron chi connectivity index (χ4n) is 5.13. The molecule has 4 aromatic rings. The molecule has 0 bridgehead atoms. The van der Waals surface area contributed by atoms with E-state index < -0.39 is 0 Å². The molecule has 1 amide bonds. The normalized spacial score (nSPS) is 15.6. The van der Waals surface area contributed by atoms with Crippen LogP contribution in [-0.4, -0.2) is 45.4 Å². The molecular weight excluding hydrogens is 572 g/mol. The van der Waals surface area contributed by atoms with E-state index in [4.69, 9.17) is 24.2 Å². The lowest BCUT2D eigenvalue weighted by Crippen LogP contribution is -2.38. The summed E-state index contributed by atoms with van der Waals surface area (Å²) >= 11 is 3.50. The molecule has 4 heterocycles. The molecule has 204 valence electrons. The van der Waals surface area contributed by atoms with Crippen molar-refractivity contribution >= 4 is 27.9 Å². The molecule has 0 aliphatic carbocycles. The molecule has 0 unspecified atom stereocenters. The molecule has 1 saturated heterocycles. The summed E-state index contributed by atoms with van der Waals surface area (Å²) in [4.78, 5) is 24.1. The predicted octanol–water partition coefficient (Wildman–Crippen LogP) is 6.60. The summed E-state index contributed by atoms with van der Waals surface area (Å²) in [5, 5.41) is 0. The number of piperidine rings is 1. The van der Waals surface area contributed by atoms with Crippen LogP contribution in [0.25, 0.3) is 17.3 Å². The molecule has 2 aliphatic heterocycles. The summed E-state index contributed by atoms with van der Waals surface area (Å²) in [6, 6.07) is 25.7. The summed E-state index contributed by atoms with van der Waals surface area (Å²) in [5.74, 6) is 2.38. The third-order valence-corrected chi connectivity index (χ3v) is 7.61. The van der Waals surface area contributed by atoms with Gasteiger partial charge < -0.3 is 19.1 Å². The first-order valence-corrected chi connectivity index (χ1v) is 14.1. The average Bonchev–Trinajstić information content (AvgIpc) is 3.64. The first-order chi connectivity index (χ1) is 19.7. The Labute approximate surface area is 241 Å². The Kier molecular flexibility index (Phi) is 7.81. The van der Waals surface area contributed by atoms with Gasteiger partial charge in [0.15, 0.2) is 5.76 Å². The number of likely N-dealkylation sites (tertiary alicyclic amines) is 1. The van der Waals surface area contributed by atoms with E-state index in [1.807, 2.05) is 77.5 Å². The molecule has 9 heteroatoms. The van der Waals surface area contributed by atoms with Gasteiger partial charge in [0.25, 0.3) is 0 Å². The number of benzene rings is 2. The van der Waals surface area contributed by atoms with Crippen LogP contribution in [0.15, 0.2) is 95.4 Å². The van der Waals surface area contributed by atoms with E-state index in [0.717, 1.165) is 51.5 Å². The highest BCUT2D eigenvalue weighted by Gasteiger charge is 2.32. The minimum absolute atomic E-state index is 0.119. The van der Waals surface area contributed by atoms with Crippen molar-refractivity contribution < 1.29 is 19.0 Å². The van der Waals surface area contributed by atoms with Gasteiger partial charge in [-0.2, -0.15) is 0 Å². The van der Waals surface area contributed by atoms with Crippen LogP contribution in [0.3, 0.4) is 0 Å². The minimum Gasteiger partial charge on any atom is -0.456 e. The van der Waals surface area contributed by atoms with Crippen molar-refractivity contribution in [2.45, 2.75) is 31.8 Å². The van der Waals surface area contributed by atoms with Gasteiger partial charge in [-0.3, -0.25) is 4.57 Å². The van der Waals surface area contributed by atoms with Crippen LogP contribution < -0.4 is 0 Å². The highest BCUT2D eigenvalue weighted by atomic mass is 79.9. The molecule has 2 aromatic heterocycles. The topological polar surface area (TPSA) is 78.7 Å². The second-order valence-electron chi connectivity index (χ2n) is 9.78. The standard InChI is InChI=1S/C31H29BrN4O4/c32-28-13-7-12-25(34-28)26-19-33-29(36(26)30-27(39-21-40-30)18-22-8-3-1-4-9-22)24-14-16-35(17-15-24)31(37)38-20-23-10-5-2-6-11-23/h1-13,19,24H,14-18,20-21H2. The Morgan fingerprint density at radius 1 is 0.925 bits per heavy atom. The van der Waals surface area contributed by atoms with Crippen LogP contribution in [0.1, 0.15) is 35.7 Å². The number of nitrogens with zero attached hydrogens (tertiary/aromatic N) is 4. The number of amides is 1. The maximum absolute atomic E-state index is 12.8. The molecular formula is C31H29BrN4O4. The molecule has 0 radical (unpaired) electrons. The Morgan fingerprint density at radius 3 is 2.38 bits per heavy atom. The lowest BCUT2D eigenvalue weighted by Gasteiger charge is -2.31. The number of carbonyl (C=O) groups excluding carboxylic acids is 1. The smallest absolute Gasteiger partial charge is 0.410 e. The summed E-state index contributed by atoms with van der Waals surface area (Å²) in [7, 11) is 0. The predicted molar refractivity (Wildman–Crippen MR) is 154 cm³/mol. The van der Waals surface area contributed by atoms with Crippen LogP contribution in [0.2, 0.25) is 0 Å². The van der Waals surface area contributed by atoms with Gasteiger partial charge in [-0.15, -0.1) is 0 Å². The number of halogens is 1. The van der Waals surface area contributed by atoms with Crippen molar-refractivity contribution in [1.29, 1.82) is 0 Å². The number of allylic oxidation sites excluding steroid dienone is 1. The van der Waals surface area contributed by atoms with Crippen molar-refractivity contribution in [2.24, 2.45) is 0 Å². The quantitative estimate of drug-likeness (QED) is 0.222. The Balaban J connectivity index is 1.25. The Morgan fingerprint density at radius 2 is 1.65 bits per heavy atom. The number of imidazole rings is 1. The number of carbonyl (C=O) groups is 1. The SMILES string of the molecule is O=C(OCc1ccccc1)N1CCC(c2ncc(-c3cccc(Br)n3)n2C2=C(Cc3ccccc3)OCO2)CC1. The molecule has 2 aliphatic rings. The highest BCUT2D eigenvalue weighted by Crippen LogP contribution is 2.36. The molecule has 2 aromatic carbocycles. The molecule has 0 atom stereocenters. The van der Waals surface area contributed by atoms with E-state index >= 15 is 0 Å². The third kappa shape index (κ3) is 5.74. The first-order valence-electron chi connectivity index (χ1n) is 13.3. The average molecular weight is 602 g/mol. The first kappa shape index (κ1) is 26.1. The molecule has 0 N–H and O–H groups in total. The van der Waals surface area contributed by atoms with E-state index in [2.05, 4.69) is 28.1 Å². The van der Waals surface area contributed by atoms with Crippen LogP contribution in [-0.2, 0) is 27.2 Å². The molecule has 0 saturated carbocycles. The number of aromatic nitrogens is 3. The Bertz CT molecular complexity index is 1500. The van der Waals surface area contributed by atoms with Gasteiger partial charge in [0.1, 0.15) is 17.0 Å².